The minimum absolute atomic E-state index is 0.0621. The van der Waals surface area contributed by atoms with E-state index in [4.69, 9.17) is 4.74 Å². The Bertz CT molecular complexity index is 234. The minimum atomic E-state index is -0.565. The molecule has 0 aliphatic heterocycles. The molecule has 1 amide bonds. The summed E-state index contributed by atoms with van der Waals surface area (Å²) in [5, 5.41) is 9.61. The lowest BCUT2D eigenvalue weighted by molar-refractivity contribution is -0.136. The fraction of sp³-hybridized carbons (Fsp3) is 0.917. The third-order valence-electron chi connectivity index (χ3n) is 3.00. The average Bonchev–Trinajstić information content (AvgIpc) is 2.25. The van der Waals surface area contributed by atoms with Crippen LogP contribution in [0, 0.1) is 0 Å². The Balaban J connectivity index is 4.29. The third-order valence-corrected chi connectivity index (χ3v) is 3.00. The van der Waals surface area contributed by atoms with Gasteiger partial charge in [0.2, 0.25) is 5.91 Å². The van der Waals surface area contributed by atoms with Gasteiger partial charge >= 0.3 is 0 Å². The minimum Gasteiger partial charge on any atom is -0.389 e. The van der Waals surface area contributed by atoms with E-state index >= 15 is 0 Å². The highest BCUT2D eigenvalue weighted by Gasteiger charge is 2.24. The molecule has 0 spiro atoms. The van der Waals surface area contributed by atoms with E-state index < -0.39 is 6.10 Å². The highest BCUT2D eigenvalue weighted by molar-refractivity contribution is 5.81. The largest absolute Gasteiger partial charge is 0.389 e. The second-order valence-corrected chi connectivity index (χ2v) is 4.77. The predicted octanol–water partition coefficient (Wildman–Crippen LogP) is 0.181. The van der Waals surface area contributed by atoms with Gasteiger partial charge in [-0.15, -0.1) is 0 Å². The number of nitrogens with zero attached hydrogens (tertiary/aromatic N) is 2. The number of aliphatic hydroxyl groups is 1. The zero-order valence-electron chi connectivity index (χ0n) is 11.8. The number of rotatable bonds is 7. The van der Waals surface area contributed by atoms with Gasteiger partial charge in [-0.2, -0.15) is 0 Å². The van der Waals surface area contributed by atoms with Gasteiger partial charge in [-0.25, -0.2) is 0 Å². The molecule has 0 aromatic rings. The number of amides is 1. The van der Waals surface area contributed by atoms with Crippen LogP contribution in [-0.2, 0) is 9.53 Å². The summed E-state index contributed by atoms with van der Waals surface area (Å²) < 4.78 is 4.86. The Kier molecular flexibility index (Phi) is 7.34. The molecular weight excluding hydrogens is 220 g/mol. The monoisotopic (exact) mass is 246 g/mol. The lowest BCUT2D eigenvalue weighted by Gasteiger charge is -2.31. The first-order valence-corrected chi connectivity index (χ1v) is 5.95. The van der Waals surface area contributed by atoms with Crippen LogP contribution in [0.3, 0.4) is 0 Å². The Morgan fingerprint density at radius 2 is 1.82 bits per heavy atom. The normalized spacial score (nSPS) is 15.1. The van der Waals surface area contributed by atoms with Crippen LogP contribution in [0.4, 0.5) is 0 Å². The third kappa shape index (κ3) is 5.48. The van der Waals surface area contributed by atoms with Gasteiger partial charge in [0.25, 0.3) is 0 Å². The first-order valence-electron chi connectivity index (χ1n) is 5.95. The van der Waals surface area contributed by atoms with Gasteiger partial charge in [0.15, 0.2) is 0 Å². The summed E-state index contributed by atoms with van der Waals surface area (Å²) in [5.74, 6) is 0.0621. The number of likely N-dealkylation sites (N-methyl/N-ethyl adjacent to an activating group) is 2. The van der Waals surface area contributed by atoms with Crippen molar-refractivity contribution in [1.29, 1.82) is 0 Å². The van der Waals surface area contributed by atoms with E-state index in [2.05, 4.69) is 0 Å². The summed E-state index contributed by atoms with van der Waals surface area (Å²) >= 11 is 0. The van der Waals surface area contributed by atoms with Gasteiger partial charge in [0, 0.05) is 26.7 Å². The molecule has 5 nitrogen and oxygen atoms in total. The van der Waals surface area contributed by atoms with E-state index in [1.807, 2.05) is 32.7 Å². The van der Waals surface area contributed by atoms with Crippen molar-refractivity contribution in [3.63, 3.8) is 0 Å². The van der Waals surface area contributed by atoms with Crippen molar-refractivity contribution in [2.75, 3.05) is 34.4 Å². The lowest BCUT2D eigenvalue weighted by atomic mass is 10.2. The quantitative estimate of drug-likeness (QED) is 0.696. The van der Waals surface area contributed by atoms with Crippen LogP contribution in [0.1, 0.15) is 20.8 Å². The fourth-order valence-electron chi connectivity index (χ4n) is 1.47. The molecule has 0 rings (SSSR count). The van der Waals surface area contributed by atoms with Crippen LogP contribution >= 0.6 is 0 Å². The summed E-state index contributed by atoms with van der Waals surface area (Å²) in [6, 6.07) is -0.0591. The molecule has 1 N–H and O–H groups in total. The van der Waals surface area contributed by atoms with Crippen molar-refractivity contribution in [3.8, 4) is 0 Å². The maximum absolute atomic E-state index is 12.0. The van der Waals surface area contributed by atoms with Gasteiger partial charge in [-0.05, 0) is 27.8 Å². The summed E-state index contributed by atoms with van der Waals surface area (Å²) in [7, 11) is 5.17. The number of ether oxygens (including phenoxy) is 1. The molecule has 0 bridgehead atoms. The molecule has 2 atom stereocenters. The van der Waals surface area contributed by atoms with E-state index in [1.54, 1.807) is 19.1 Å². The number of aliphatic hydroxyl groups excluding tert-OH is 1. The molecule has 2 unspecified atom stereocenters. The number of methoxy groups -OCH3 is 1. The Labute approximate surface area is 104 Å². The molecule has 0 radical (unpaired) electrons. The number of carbonyl (C=O) groups excluding carboxylic acids is 1. The second kappa shape index (κ2) is 7.63. The van der Waals surface area contributed by atoms with Gasteiger partial charge in [-0.3, -0.25) is 9.69 Å². The summed E-state index contributed by atoms with van der Waals surface area (Å²) in [6.45, 7) is 6.51. The van der Waals surface area contributed by atoms with Crippen molar-refractivity contribution in [2.45, 2.75) is 39.0 Å². The molecule has 0 heterocycles. The van der Waals surface area contributed by atoms with Crippen LogP contribution < -0.4 is 0 Å². The van der Waals surface area contributed by atoms with Crippen molar-refractivity contribution in [1.82, 2.24) is 9.80 Å². The van der Waals surface area contributed by atoms with Gasteiger partial charge in [0.05, 0.1) is 18.8 Å². The maximum Gasteiger partial charge on any atom is 0.239 e. The van der Waals surface area contributed by atoms with Crippen LogP contribution in [0.2, 0.25) is 0 Å². The standard InChI is InChI=1S/C12H26N2O3/c1-9(2)14(5)12(16)10(3)13(4)7-11(15)8-17-6/h9-11,15H,7-8H2,1-6H3. The van der Waals surface area contributed by atoms with Crippen molar-refractivity contribution < 1.29 is 14.6 Å². The Morgan fingerprint density at radius 3 is 2.24 bits per heavy atom. The van der Waals surface area contributed by atoms with Crippen molar-refractivity contribution in [3.05, 3.63) is 0 Å². The Morgan fingerprint density at radius 1 is 1.29 bits per heavy atom. The van der Waals surface area contributed by atoms with E-state index in [0.717, 1.165) is 0 Å². The zero-order valence-corrected chi connectivity index (χ0v) is 11.8. The molecular formula is C12H26N2O3. The van der Waals surface area contributed by atoms with Gasteiger partial charge in [-0.1, -0.05) is 0 Å². The number of hydrogen-bond acceptors (Lipinski definition) is 4. The van der Waals surface area contributed by atoms with E-state index in [0.29, 0.717) is 6.54 Å². The smallest absolute Gasteiger partial charge is 0.239 e. The highest BCUT2D eigenvalue weighted by atomic mass is 16.5. The van der Waals surface area contributed by atoms with Crippen LogP contribution in [-0.4, -0.2) is 73.4 Å². The maximum atomic E-state index is 12.0. The molecule has 0 saturated heterocycles. The van der Waals surface area contributed by atoms with Crippen molar-refractivity contribution in [2.24, 2.45) is 0 Å². The highest BCUT2D eigenvalue weighted by Crippen LogP contribution is 2.05. The number of carbonyl (C=O) groups is 1. The molecule has 0 aliphatic rings. The summed E-state index contributed by atoms with van der Waals surface area (Å²) in [5.41, 5.74) is 0. The SMILES string of the molecule is COCC(O)CN(C)C(C)C(=O)N(C)C(C)C. The molecule has 0 aromatic heterocycles. The molecule has 0 aromatic carbocycles. The average molecular weight is 246 g/mol. The lowest BCUT2D eigenvalue weighted by Crippen LogP contribution is -2.48. The molecule has 0 saturated carbocycles. The summed E-state index contributed by atoms with van der Waals surface area (Å²) in [4.78, 5) is 15.6. The van der Waals surface area contributed by atoms with Crippen LogP contribution in [0.5, 0.6) is 0 Å². The molecule has 5 heteroatoms. The Hall–Kier alpha value is -0.650. The van der Waals surface area contributed by atoms with Crippen LogP contribution in [0.15, 0.2) is 0 Å². The van der Waals surface area contributed by atoms with E-state index in [9.17, 15) is 9.90 Å². The van der Waals surface area contributed by atoms with Crippen LogP contribution in [0.25, 0.3) is 0 Å². The van der Waals surface area contributed by atoms with Gasteiger partial charge in [0.1, 0.15) is 0 Å². The molecule has 0 fully saturated rings. The first-order chi connectivity index (χ1) is 7.81. The zero-order chi connectivity index (χ0) is 13.6. The van der Waals surface area contributed by atoms with Crippen molar-refractivity contribution >= 4 is 5.91 Å². The molecule has 102 valence electrons. The van der Waals surface area contributed by atoms with Gasteiger partial charge < -0.3 is 14.7 Å². The topological polar surface area (TPSA) is 53.0 Å². The molecule has 17 heavy (non-hydrogen) atoms. The first kappa shape index (κ1) is 16.4. The molecule has 0 aliphatic carbocycles. The predicted molar refractivity (Wildman–Crippen MR) is 67.9 cm³/mol. The van der Waals surface area contributed by atoms with E-state index in [-0.39, 0.29) is 24.6 Å². The fourth-order valence-corrected chi connectivity index (χ4v) is 1.47. The number of hydrogen-bond donors (Lipinski definition) is 1. The summed E-state index contributed by atoms with van der Waals surface area (Å²) in [6.07, 6.45) is -0.565. The van der Waals surface area contributed by atoms with E-state index in [1.165, 1.54) is 0 Å². The second-order valence-electron chi connectivity index (χ2n) is 4.77.